The second-order valence-electron chi connectivity index (χ2n) is 3.38. The van der Waals surface area contributed by atoms with Crippen molar-refractivity contribution in [1.29, 1.82) is 0 Å². The number of hydrogen-bond acceptors (Lipinski definition) is 4. The van der Waals surface area contributed by atoms with E-state index in [4.69, 9.17) is 4.74 Å². The molecule has 0 amide bonds. The Morgan fingerprint density at radius 1 is 1.44 bits per heavy atom. The van der Waals surface area contributed by atoms with Crippen LogP contribution in [0.15, 0.2) is 30.9 Å². The Labute approximate surface area is 94.1 Å². The predicted molar refractivity (Wildman–Crippen MR) is 58.9 cm³/mol. The van der Waals surface area contributed by atoms with Crippen LogP contribution in [0.2, 0.25) is 0 Å². The van der Waals surface area contributed by atoms with E-state index in [1.54, 1.807) is 18.7 Å². The molecule has 2 aromatic heterocycles. The van der Waals surface area contributed by atoms with Crippen LogP contribution in [0, 0.1) is 0 Å². The van der Waals surface area contributed by atoms with Crippen LogP contribution in [0.1, 0.15) is 19.2 Å². The van der Waals surface area contributed by atoms with Gasteiger partial charge < -0.3 is 4.74 Å². The van der Waals surface area contributed by atoms with Gasteiger partial charge in [-0.1, -0.05) is 6.92 Å². The maximum Gasteiger partial charge on any atom is 0.164 e. The first-order valence-electron chi connectivity index (χ1n) is 5.29. The standard InChI is InChI=1S/C11H14N4O/c1-2-6-15-11(13-9-14-15)8-16-10-4-3-5-12-7-10/h3-5,7,9H,2,6,8H2,1H3. The van der Waals surface area contributed by atoms with Crippen LogP contribution in [-0.2, 0) is 13.2 Å². The average molecular weight is 218 g/mol. The van der Waals surface area contributed by atoms with Crippen molar-refractivity contribution in [1.82, 2.24) is 19.7 Å². The molecule has 0 spiro atoms. The molecule has 2 aromatic rings. The topological polar surface area (TPSA) is 52.8 Å². The van der Waals surface area contributed by atoms with Gasteiger partial charge >= 0.3 is 0 Å². The van der Waals surface area contributed by atoms with Gasteiger partial charge in [0.05, 0.1) is 6.20 Å². The Hall–Kier alpha value is -1.91. The Morgan fingerprint density at radius 2 is 2.38 bits per heavy atom. The van der Waals surface area contributed by atoms with Gasteiger partial charge in [0.2, 0.25) is 0 Å². The molecule has 0 aliphatic heterocycles. The van der Waals surface area contributed by atoms with Gasteiger partial charge in [0, 0.05) is 12.7 Å². The van der Waals surface area contributed by atoms with Crippen molar-refractivity contribution in [3.63, 3.8) is 0 Å². The van der Waals surface area contributed by atoms with E-state index in [1.807, 2.05) is 16.8 Å². The third-order valence-corrected chi connectivity index (χ3v) is 2.13. The lowest BCUT2D eigenvalue weighted by atomic mass is 10.4. The molecule has 0 atom stereocenters. The Morgan fingerprint density at radius 3 is 3.12 bits per heavy atom. The summed E-state index contributed by atoms with van der Waals surface area (Å²) in [6.07, 6.45) is 5.98. The second kappa shape index (κ2) is 5.25. The average Bonchev–Trinajstić information content (AvgIpc) is 2.76. The molecule has 84 valence electrons. The maximum atomic E-state index is 5.55. The fraction of sp³-hybridized carbons (Fsp3) is 0.364. The number of aromatic nitrogens is 4. The van der Waals surface area contributed by atoms with Gasteiger partial charge in [-0.2, -0.15) is 5.10 Å². The van der Waals surface area contributed by atoms with Gasteiger partial charge in [-0.05, 0) is 18.6 Å². The Balaban J connectivity index is 1.97. The predicted octanol–water partition coefficient (Wildman–Crippen LogP) is 1.66. The Kier molecular flexibility index (Phi) is 3.48. The molecule has 0 aliphatic rings. The quantitative estimate of drug-likeness (QED) is 0.766. The minimum Gasteiger partial charge on any atom is -0.484 e. The van der Waals surface area contributed by atoms with E-state index in [1.165, 1.54) is 0 Å². The van der Waals surface area contributed by atoms with Crippen molar-refractivity contribution in [2.24, 2.45) is 0 Å². The molecule has 0 radical (unpaired) electrons. The molecule has 16 heavy (non-hydrogen) atoms. The third kappa shape index (κ3) is 2.56. The van der Waals surface area contributed by atoms with E-state index in [0.29, 0.717) is 6.61 Å². The molecular formula is C11H14N4O. The fourth-order valence-corrected chi connectivity index (χ4v) is 1.38. The molecule has 5 nitrogen and oxygen atoms in total. The van der Waals surface area contributed by atoms with Gasteiger partial charge in [0.25, 0.3) is 0 Å². The molecule has 0 unspecified atom stereocenters. The van der Waals surface area contributed by atoms with Crippen LogP contribution in [0.25, 0.3) is 0 Å². The van der Waals surface area contributed by atoms with Gasteiger partial charge in [-0.25, -0.2) is 9.67 Å². The van der Waals surface area contributed by atoms with Crippen LogP contribution in [-0.4, -0.2) is 19.7 Å². The van der Waals surface area contributed by atoms with Crippen molar-refractivity contribution >= 4 is 0 Å². The van der Waals surface area contributed by atoms with Gasteiger partial charge in [-0.15, -0.1) is 0 Å². The van der Waals surface area contributed by atoms with Crippen molar-refractivity contribution in [3.8, 4) is 5.75 Å². The normalized spacial score (nSPS) is 10.3. The van der Waals surface area contributed by atoms with E-state index >= 15 is 0 Å². The lowest BCUT2D eigenvalue weighted by Gasteiger charge is -2.06. The molecule has 0 bridgehead atoms. The van der Waals surface area contributed by atoms with E-state index in [2.05, 4.69) is 22.0 Å². The van der Waals surface area contributed by atoms with Gasteiger partial charge in [0.1, 0.15) is 18.7 Å². The largest absolute Gasteiger partial charge is 0.484 e. The molecule has 0 saturated carbocycles. The molecule has 5 heteroatoms. The Bertz CT molecular complexity index is 427. The minimum atomic E-state index is 0.422. The van der Waals surface area contributed by atoms with Gasteiger partial charge in [-0.3, -0.25) is 4.98 Å². The van der Waals surface area contributed by atoms with Crippen LogP contribution >= 0.6 is 0 Å². The number of nitrogens with zero attached hydrogens (tertiary/aromatic N) is 4. The van der Waals surface area contributed by atoms with Crippen LogP contribution < -0.4 is 4.74 Å². The summed E-state index contributed by atoms with van der Waals surface area (Å²) in [7, 11) is 0. The van der Waals surface area contributed by atoms with Crippen molar-refractivity contribution in [2.45, 2.75) is 26.5 Å². The number of hydrogen-bond donors (Lipinski definition) is 0. The lowest BCUT2D eigenvalue weighted by Crippen LogP contribution is -2.08. The number of pyridine rings is 1. The zero-order valence-corrected chi connectivity index (χ0v) is 9.21. The third-order valence-electron chi connectivity index (χ3n) is 2.13. The maximum absolute atomic E-state index is 5.55. The van der Waals surface area contributed by atoms with Crippen molar-refractivity contribution in [2.75, 3.05) is 0 Å². The van der Waals surface area contributed by atoms with Crippen LogP contribution in [0.4, 0.5) is 0 Å². The van der Waals surface area contributed by atoms with E-state index in [-0.39, 0.29) is 0 Å². The highest BCUT2D eigenvalue weighted by atomic mass is 16.5. The first-order valence-corrected chi connectivity index (χ1v) is 5.29. The minimum absolute atomic E-state index is 0.422. The highest BCUT2D eigenvalue weighted by Crippen LogP contribution is 2.08. The van der Waals surface area contributed by atoms with Gasteiger partial charge in [0.15, 0.2) is 5.82 Å². The zero-order chi connectivity index (χ0) is 11.2. The molecule has 0 aromatic carbocycles. The summed E-state index contributed by atoms with van der Waals surface area (Å²) in [5, 5.41) is 4.13. The second-order valence-corrected chi connectivity index (χ2v) is 3.38. The molecule has 0 fully saturated rings. The number of ether oxygens (including phenoxy) is 1. The summed E-state index contributed by atoms with van der Waals surface area (Å²) in [5.41, 5.74) is 0. The summed E-state index contributed by atoms with van der Waals surface area (Å²) < 4.78 is 7.41. The molecule has 0 aliphatic carbocycles. The number of rotatable bonds is 5. The van der Waals surface area contributed by atoms with Crippen molar-refractivity contribution in [3.05, 3.63) is 36.7 Å². The molecular weight excluding hydrogens is 204 g/mol. The monoisotopic (exact) mass is 218 g/mol. The molecule has 0 saturated heterocycles. The van der Waals surface area contributed by atoms with Crippen molar-refractivity contribution < 1.29 is 4.74 Å². The van der Waals surface area contributed by atoms with Crippen LogP contribution in [0.3, 0.4) is 0 Å². The summed E-state index contributed by atoms with van der Waals surface area (Å²) in [6, 6.07) is 3.71. The van der Waals surface area contributed by atoms with Crippen LogP contribution in [0.5, 0.6) is 5.75 Å². The smallest absolute Gasteiger partial charge is 0.164 e. The van der Waals surface area contributed by atoms with E-state index in [9.17, 15) is 0 Å². The first-order chi connectivity index (χ1) is 7.90. The van der Waals surface area contributed by atoms with E-state index in [0.717, 1.165) is 24.5 Å². The fourth-order valence-electron chi connectivity index (χ4n) is 1.38. The molecule has 2 heterocycles. The zero-order valence-electron chi connectivity index (χ0n) is 9.21. The number of aryl methyl sites for hydroxylation is 1. The summed E-state index contributed by atoms with van der Waals surface area (Å²) in [4.78, 5) is 8.13. The molecule has 0 N–H and O–H groups in total. The lowest BCUT2D eigenvalue weighted by molar-refractivity contribution is 0.285. The SMILES string of the molecule is CCCn1ncnc1COc1cccnc1. The highest BCUT2D eigenvalue weighted by Gasteiger charge is 2.03. The highest BCUT2D eigenvalue weighted by molar-refractivity contribution is 5.15. The summed E-state index contributed by atoms with van der Waals surface area (Å²) in [6.45, 7) is 3.39. The summed E-state index contributed by atoms with van der Waals surface area (Å²) in [5.74, 6) is 1.58. The van der Waals surface area contributed by atoms with E-state index < -0.39 is 0 Å². The summed E-state index contributed by atoms with van der Waals surface area (Å²) >= 11 is 0. The first kappa shape index (κ1) is 10.6. The molecule has 2 rings (SSSR count).